The number of allylic oxidation sites excluding steroid dienone is 1. The van der Waals surface area contributed by atoms with Crippen LogP contribution >= 0.6 is 11.3 Å². The summed E-state index contributed by atoms with van der Waals surface area (Å²) in [5, 5.41) is 5.09. The molecule has 6 heteroatoms. The maximum atomic E-state index is 13.9. The highest BCUT2D eigenvalue weighted by Gasteiger charge is 2.17. The Bertz CT molecular complexity index is 1200. The van der Waals surface area contributed by atoms with Crippen molar-refractivity contribution in [3.8, 4) is 0 Å². The molecule has 1 aromatic carbocycles. The van der Waals surface area contributed by atoms with Crippen molar-refractivity contribution in [1.82, 2.24) is 14.3 Å². The van der Waals surface area contributed by atoms with Gasteiger partial charge in [-0.2, -0.15) is 5.10 Å². The number of aromatic nitrogens is 3. The summed E-state index contributed by atoms with van der Waals surface area (Å²) in [6, 6.07) is 8.47. The van der Waals surface area contributed by atoms with Gasteiger partial charge in [0.25, 0.3) is 5.56 Å². The van der Waals surface area contributed by atoms with Crippen molar-refractivity contribution >= 4 is 38.0 Å². The van der Waals surface area contributed by atoms with E-state index in [1.807, 2.05) is 24.6 Å². The van der Waals surface area contributed by atoms with E-state index in [9.17, 15) is 9.18 Å². The minimum Gasteiger partial charge on any atom is -0.338 e. The molecule has 0 unspecified atom stereocenters. The molecule has 0 saturated heterocycles. The molecule has 4 rings (SSSR count). The van der Waals surface area contributed by atoms with E-state index in [2.05, 4.69) is 11.7 Å². The molecule has 0 N–H and O–H groups in total. The van der Waals surface area contributed by atoms with E-state index in [1.165, 1.54) is 10.7 Å². The van der Waals surface area contributed by atoms with Crippen LogP contribution in [0.3, 0.4) is 0 Å². The van der Waals surface area contributed by atoms with E-state index in [4.69, 9.17) is 0 Å². The molecular formula is C19H16FN3OS. The molecule has 25 heavy (non-hydrogen) atoms. The van der Waals surface area contributed by atoms with Crippen molar-refractivity contribution in [3.05, 3.63) is 69.7 Å². The Morgan fingerprint density at radius 3 is 2.84 bits per heavy atom. The van der Waals surface area contributed by atoms with Gasteiger partial charge < -0.3 is 4.57 Å². The molecule has 0 bridgehead atoms. The first-order valence-corrected chi connectivity index (χ1v) is 8.66. The Morgan fingerprint density at radius 1 is 1.36 bits per heavy atom. The van der Waals surface area contributed by atoms with Crippen LogP contribution in [0, 0.1) is 5.82 Å². The monoisotopic (exact) mass is 353 g/mol. The molecule has 3 aromatic heterocycles. The van der Waals surface area contributed by atoms with Crippen LogP contribution < -0.4 is 5.56 Å². The lowest BCUT2D eigenvalue weighted by molar-refractivity contribution is 0.574. The Morgan fingerprint density at radius 2 is 2.12 bits per heavy atom. The molecule has 0 aliphatic heterocycles. The first-order valence-electron chi connectivity index (χ1n) is 7.84. The van der Waals surface area contributed by atoms with Gasteiger partial charge in [-0.25, -0.2) is 9.07 Å². The zero-order valence-electron chi connectivity index (χ0n) is 13.9. The van der Waals surface area contributed by atoms with Crippen LogP contribution in [0.4, 0.5) is 4.39 Å². The second-order valence-corrected chi connectivity index (χ2v) is 7.18. The van der Waals surface area contributed by atoms with Crippen molar-refractivity contribution in [2.24, 2.45) is 7.05 Å². The largest absolute Gasteiger partial charge is 0.338 e. The Hall–Kier alpha value is -2.73. The van der Waals surface area contributed by atoms with Gasteiger partial charge >= 0.3 is 0 Å². The fourth-order valence-corrected chi connectivity index (χ4v) is 4.15. The van der Waals surface area contributed by atoms with Gasteiger partial charge in [0.1, 0.15) is 11.3 Å². The predicted molar refractivity (Wildman–Crippen MR) is 101 cm³/mol. The quantitative estimate of drug-likeness (QED) is 0.554. The summed E-state index contributed by atoms with van der Waals surface area (Å²) >= 11 is 1.61. The summed E-state index contributed by atoms with van der Waals surface area (Å²) in [6.45, 7) is 6.05. The van der Waals surface area contributed by atoms with Crippen LogP contribution in [0.15, 0.2) is 47.9 Å². The van der Waals surface area contributed by atoms with Crippen molar-refractivity contribution in [2.75, 3.05) is 0 Å². The fraction of sp³-hybridized carbons (Fsp3) is 0.158. The number of thiophene rings is 1. The minimum atomic E-state index is -0.338. The smallest absolute Gasteiger partial charge is 0.291 e. The predicted octanol–water partition coefficient (Wildman–Crippen LogP) is 4.17. The van der Waals surface area contributed by atoms with Crippen LogP contribution in [0.1, 0.15) is 17.4 Å². The molecule has 0 amide bonds. The number of nitrogens with zero attached hydrogens (tertiary/aromatic N) is 3. The van der Waals surface area contributed by atoms with E-state index in [-0.39, 0.29) is 17.9 Å². The molecule has 0 radical (unpaired) electrons. The first kappa shape index (κ1) is 15.8. The molecule has 0 fully saturated rings. The van der Waals surface area contributed by atoms with E-state index in [0.29, 0.717) is 11.1 Å². The number of halogens is 1. The molecule has 3 heterocycles. The van der Waals surface area contributed by atoms with Gasteiger partial charge in [0, 0.05) is 22.9 Å². The van der Waals surface area contributed by atoms with Crippen molar-refractivity contribution in [3.63, 3.8) is 0 Å². The normalized spacial score (nSPS) is 11.5. The van der Waals surface area contributed by atoms with Gasteiger partial charge in [0.2, 0.25) is 0 Å². The number of benzene rings is 1. The molecule has 0 saturated carbocycles. The summed E-state index contributed by atoms with van der Waals surface area (Å²) in [5.74, 6) is -0.338. The van der Waals surface area contributed by atoms with Gasteiger partial charge in [0.05, 0.1) is 23.0 Å². The van der Waals surface area contributed by atoms with E-state index < -0.39 is 0 Å². The average molecular weight is 353 g/mol. The average Bonchev–Trinajstić information content (AvgIpc) is 3.12. The zero-order valence-corrected chi connectivity index (χ0v) is 14.7. The number of hydrogen-bond acceptors (Lipinski definition) is 3. The second kappa shape index (κ2) is 5.67. The zero-order chi connectivity index (χ0) is 17.7. The number of hydrogen-bond donors (Lipinski definition) is 0. The molecule has 0 atom stereocenters. The summed E-state index contributed by atoms with van der Waals surface area (Å²) in [6.07, 6.45) is 1.69. The Balaban J connectivity index is 1.91. The third kappa shape index (κ3) is 2.41. The summed E-state index contributed by atoms with van der Waals surface area (Å²) < 4.78 is 18.1. The Labute approximate surface area is 147 Å². The fourth-order valence-electron chi connectivity index (χ4n) is 3.02. The molecule has 4 aromatic rings. The lowest BCUT2D eigenvalue weighted by Gasteiger charge is -2.06. The van der Waals surface area contributed by atoms with Gasteiger partial charge in [0.15, 0.2) is 0 Å². The molecule has 0 aliphatic carbocycles. The van der Waals surface area contributed by atoms with Gasteiger partial charge in [-0.05, 0) is 24.6 Å². The van der Waals surface area contributed by atoms with Crippen molar-refractivity contribution in [1.29, 1.82) is 0 Å². The third-order valence-corrected chi connectivity index (χ3v) is 5.69. The number of fused-ring (bicyclic) bond motifs is 3. The molecule has 126 valence electrons. The van der Waals surface area contributed by atoms with E-state index >= 15 is 0 Å². The van der Waals surface area contributed by atoms with Gasteiger partial charge in [-0.1, -0.05) is 24.8 Å². The molecule has 4 nitrogen and oxygen atoms in total. The van der Waals surface area contributed by atoms with Crippen LogP contribution in [0.5, 0.6) is 0 Å². The van der Waals surface area contributed by atoms with Crippen LogP contribution in [-0.4, -0.2) is 14.3 Å². The second-order valence-electron chi connectivity index (χ2n) is 6.13. The first-order chi connectivity index (χ1) is 12.0. The maximum Gasteiger partial charge on any atom is 0.291 e. The highest BCUT2D eigenvalue weighted by Crippen LogP contribution is 2.35. The van der Waals surface area contributed by atoms with Gasteiger partial charge in [-0.15, -0.1) is 11.3 Å². The molecule has 0 aliphatic rings. The van der Waals surface area contributed by atoms with Gasteiger partial charge in [-0.3, -0.25) is 4.79 Å². The number of rotatable bonds is 3. The summed E-state index contributed by atoms with van der Waals surface area (Å²) in [5.41, 5.74) is 2.79. The summed E-state index contributed by atoms with van der Waals surface area (Å²) in [4.78, 5) is 14.0. The SMILES string of the molecule is C=C(C)c1cc2c(s1)c1cnn(Cc3ccccc3F)c(=O)c1n2C. The van der Waals surface area contributed by atoms with Crippen LogP contribution in [0.2, 0.25) is 0 Å². The minimum absolute atomic E-state index is 0.108. The lowest BCUT2D eigenvalue weighted by atomic mass is 10.2. The van der Waals surface area contributed by atoms with Crippen LogP contribution in [0.25, 0.3) is 26.7 Å². The number of aryl methyl sites for hydroxylation is 1. The van der Waals surface area contributed by atoms with Crippen LogP contribution in [-0.2, 0) is 13.6 Å². The Kier molecular flexibility index (Phi) is 3.58. The topological polar surface area (TPSA) is 39.8 Å². The summed E-state index contributed by atoms with van der Waals surface area (Å²) in [7, 11) is 1.87. The van der Waals surface area contributed by atoms with E-state index in [0.717, 1.165) is 26.1 Å². The lowest BCUT2D eigenvalue weighted by Crippen LogP contribution is -2.24. The third-order valence-electron chi connectivity index (χ3n) is 4.37. The van der Waals surface area contributed by atoms with E-state index in [1.54, 1.807) is 35.7 Å². The molecular weight excluding hydrogens is 337 g/mol. The van der Waals surface area contributed by atoms with Crippen molar-refractivity contribution < 1.29 is 4.39 Å². The molecule has 0 spiro atoms. The van der Waals surface area contributed by atoms with Crippen molar-refractivity contribution in [2.45, 2.75) is 13.5 Å². The maximum absolute atomic E-state index is 13.9. The highest BCUT2D eigenvalue weighted by molar-refractivity contribution is 7.21. The highest BCUT2D eigenvalue weighted by atomic mass is 32.1. The standard InChI is InChI=1S/C19H16FN3OS/c1-11(2)16-8-15-18(25-16)13-9-21-23(19(24)17(13)22(15)3)10-12-6-4-5-7-14(12)20/h4-9H,1,10H2,2-3H3.